The van der Waals surface area contributed by atoms with Crippen molar-refractivity contribution < 1.29 is 0 Å². The number of benzene rings is 3. The first-order valence-corrected chi connectivity index (χ1v) is 8.25. The van der Waals surface area contributed by atoms with Gasteiger partial charge in [0.1, 0.15) is 0 Å². The summed E-state index contributed by atoms with van der Waals surface area (Å²) in [5.41, 5.74) is 5.42. The van der Waals surface area contributed by atoms with Crippen molar-refractivity contribution in [3.05, 3.63) is 94.0 Å². The monoisotopic (exact) mass is 346 g/mol. The zero-order valence-electron chi connectivity index (χ0n) is 12.1. The van der Waals surface area contributed by atoms with Crippen molar-refractivity contribution in [1.29, 1.82) is 0 Å². The molecule has 22 heavy (non-hydrogen) atoms. The van der Waals surface area contributed by atoms with E-state index in [2.05, 4.69) is 88.8 Å². The Morgan fingerprint density at radius 2 is 1.73 bits per heavy atom. The van der Waals surface area contributed by atoms with E-state index in [-0.39, 0.29) is 0 Å². The summed E-state index contributed by atoms with van der Waals surface area (Å²) in [6.45, 7) is 0. The molecule has 0 atom stereocenters. The molecule has 0 unspecified atom stereocenters. The molecule has 0 aromatic heterocycles. The van der Waals surface area contributed by atoms with Crippen LogP contribution in [-0.2, 0) is 6.42 Å². The molecule has 0 heterocycles. The van der Waals surface area contributed by atoms with Crippen LogP contribution in [0.3, 0.4) is 0 Å². The molecule has 0 nitrogen and oxygen atoms in total. The van der Waals surface area contributed by atoms with Gasteiger partial charge in [-0.3, -0.25) is 0 Å². The highest BCUT2D eigenvalue weighted by atomic mass is 79.9. The summed E-state index contributed by atoms with van der Waals surface area (Å²) in [4.78, 5) is 0. The Bertz CT molecular complexity index is 902. The normalized spacial score (nSPS) is 15.2. The first-order chi connectivity index (χ1) is 10.8. The molecular weight excluding hydrogens is 332 g/mol. The molecule has 1 heteroatoms. The van der Waals surface area contributed by atoms with Crippen molar-refractivity contribution in [3.8, 4) is 0 Å². The SMILES string of the molecule is Brc1ccc2c3c(cccc13)/C(=C/C=C/c1ccccc1)C2. The van der Waals surface area contributed by atoms with Crippen molar-refractivity contribution in [3.63, 3.8) is 0 Å². The fourth-order valence-electron chi connectivity index (χ4n) is 3.15. The number of allylic oxidation sites excluding steroid dienone is 3. The molecule has 0 fully saturated rings. The fraction of sp³-hybridized carbons (Fsp3) is 0.0476. The number of rotatable bonds is 2. The van der Waals surface area contributed by atoms with Gasteiger partial charge in [0, 0.05) is 4.47 Å². The van der Waals surface area contributed by atoms with Crippen LogP contribution in [0.4, 0.5) is 0 Å². The van der Waals surface area contributed by atoms with Gasteiger partial charge in [-0.05, 0) is 45.5 Å². The summed E-state index contributed by atoms with van der Waals surface area (Å²) in [5, 5.41) is 2.71. The van der Waals surface area contributed by atoms with E-state index in [4.69, 9.17) is 0 Å². The highest BCUT2D eigenvalue weighted by molar-refractivity contribution is 9.10. The van der Waals surface area contributed by atoms with Crippen molar-refractivity contribution in [1.82, 2.24) is 0 Å². The smallest absolute Gasteiger partial charge is 0.0254 e. The van der Waals surface area contributed by atoms with Gasteiger partial charge in [-0.15, -0.1) is 0 Å². The van der Waals surface area contributed by atoms with Crippen LogP contribution in [0.2, 0.25) is 0 Å². The molecule has 0 saturated carbocycles. The van der Waals surface area contributed by atoms with Crippen LogP contribution >= 0.6 is 15.9 Å². The third kappa shape index (κ3) is 2.32. The van der Waals surface area contributed by atoms with Gasteiger partial charge in [-0.1, -0.05) is 88.8 Å². The van der Waals surface area contributed by atoms with Crippen molar-refractivity contribution in [2.45, 2.75) is 6.42 Å². The Hall–Kier alpha value is -2.12. The van der Waals surface area contributed by atoms with Crippen LogP contribution in [-0.4, -0.2) is 0 Å². The molecule has 106 valence electrons. The molecule has 4 rings (SSSR count). The van der Waals surface area contributed by atoms with Gasteiger partial charge >= 0.3 is 0 Å². The number of hydrogen-bond donors (Lipinski definition) is 0. The van der Waals surface area contributed by atoms with Crippen LogP contribution in [0.15, 0.2) is 77.3 Å². The fourth-order valence-corrected chi connectivity index (χ4v) is 3.61. The summed E-state index contributed by atoms with van der Waals surface area (Å²) in [7, 11) is 0. The average molecular weight is 347 g/mol. The molecule has 0 amide bonds. The van der Waals surface area contributed by atoms with Crippen molar-refractivity contribution in [2.75, 3.05) is 0 Å². The van der Waals surface area contributed by atoms with Crippen LogP contribution in [0, 0.1) is 0 Å². The lowest BCUT2D eigenvalue weighted by Gasteiger charge is -2.03. The second-order valence-electron chi connectivity index (χ2n) is 5.57. The molecule has 0 radical (unpaired) electrons. The topological polar surface area (TPSA) is 0 Å². The van der Waals surface area contributed by atoms with Gasteiger partial charge in [0.05, 0.1) is 0 Å². The summed E-state index contributed by atoms with van der Waals surface area (Å²) >= 11 is 3.66. The molecular formula is C21H15Br. The summed E-state index contributed by atoms with van der Waals surface area (Å²) < 4.78 is 1.18. The van der Waals surface area contributed by atoms with Crippen molar-refractivity contribution in [2.24, 2.45) is 0 Å². The predicted molar refractivity (Wildman–Crippen MR) is 98.8 cm³/mol. The van der Waals surface area contributed by atoms with Crippen LogP contribution in [0.5, 0.6) is 0 Å². The van der Waals surface area contributed by atoms with Gasteiger partial charge in [0.15, 0.2) is 0 Å². The Balaban J connectivity index is 1.74. The summed E-state index contributed by atoms with van der Waals surface area (Å²) in [5.74, 6) is 0. The third-order valence-electron chi connectivity index (χ3n) is 4.19. The minimum absolute atomic E-state index is 1.02. The van der Waals surface area contributed by atoms with E-state index in [1.807, 2.05) is 6.07 Å². The minimum atomic E-state index is 1.02. The summed E-state index contributed by atoms with van der Waals surface area (Å²) in [6, 6.07) is 21.4. The third-order valence-corrected chi connectivity index (χ3v) is 4.88. The minimum Gasteiger partial charge on any atom is -0.0622 e. The lowest BCUT2D eigenvalue weighted by Crippen LogP contribution is -1.79. The van der Waals surface area contributed by atoms with Gasteiger partial charge < -0.3 is 0 Å². The second kappa shape index (κ2) is 5.58. The quantitative estimate of drug-likeness (QED) is 0.514. The first kappa shape index (κ1) is 13.5. The van der Waals surface area contributed by atoms with Crippen LogP contribution in [0.25, 0.3) is 22.4 Å². The van der Waals surface area contributed by atoms with Crippen LogP contribution < -0.4 is 0 Å². The van der Waals surface area contributed by atoms with Gasteiger partial charge in [0.2, 0.25) is 0 Å². The van der Waals surface area contributed by atoms with Crippen molar-refractivity contribution >= 4 is 38.4 Å². The Kier molecular flexibility index (Phi) is 3.44. The number of hydrogen-bond acceptors (Lipinski definition) is 0. The standard InChI is InChI=1S/C21H15Br/c22-20-13-12-17-14-16(18-10-5-11-19(20)21(17)18)9-4-8-15-6-2-1-3-7-15/h1-13H,14H2/b8-4+,16-9+. The van der Waals surface area contributed by atoms with Gasteiger partial charge in [-0.2, -0.15) is 0 Å². The van der Waals surface area contributed by atoms with E-state index < -0.39 is 0 Å². The molecule has 1 aliphatic carbocycles. The average Bonchev–Trinajstić information content (AvgIpc) is 2.92. The van der Waals surface area contributed by atoms with E-state index in [9.17, 15) is 0 Å². The molecule has 0 bridgehead atoms. The van der Waals surface area contributed by atoms with Gasteiger partial charge in [-0.25, -0.2) is 0 Å². The maximum atomic E-state index is 3.66. The molecule has 3 aromatic carbocycles. The van der Waals surface area contributed by atoms with E-state index in [1.54, 1.807) is 0 Å². The van der Waals surface area contributed by atoms with Crippen LogP contribution in [0.1, 0.15) is 16.7 Å². The Labute approximate surface area is 138 Å². The molecule has 0 saturated heterocycles. The Morgan fingerprint density at radius 1 is 0.864 bits per heavy atom. The first-order valence-electron chi connectivity index (χ1n) is 7.46. The molecule has 0 aliphatic heterocycles. The zero-order valence-corrected chi connectivity index (χ0v) is 13.7. The van der Waals surface area contributed by atoms with Gasteiger partial charge in [0.25, 0.3) is 0 Å². The lowest BCUT2D eigenvalue weighted by molar-refractivity contribution is 1.37. The maximum Gasteiger partial charge on any atom is 0.0254 e. The zero-order chi connectivity index (χ0) is 14.9. The molecule has 1 aliphatic rings. The molecule has 0 spiro atoms. The highest BCUT2D eigenvalue weighted by Crippen LogP contribution is 2.40. The highest BCUT2D eigenvalue weighted by Gasteiger charge is 2.18. The maximum absolute atomic E-state index is 3.66. The van der Waals surface area contributed by atoms with E-state index in [1.165, 1.54) is 37.5 Å². The number of halogens is 1. The Morgan fingerprint density at radius 3 is 2.59 bits per heavy atom. The van der Waals surface area contributed by atoms with E-state index in [0.717, 1.165) is 6.42 Å². The van der Waals surface area contributed by atoms with E-state index >= 15 is 0 Å². The molecule has 0 N–H and O–H groups in total. The summed E-state index contributed by atoms with van der Waals surface area (Å²) in [6.07, 6.45) is 7.58. The van der Waals surface area contributed by atoms with E-state index in [0.29, 0.717) is 0 Å². The molecule has 3 aromatic rings. The largest absolute Gasteiger partial charge is 0.0622 e. The predicted octanol–water partition coefficient (Wildman–Crippen LogP) is 6.26. The second-order valence-corrected chi connectivity index (χ2v) is 6.43. The lowest BCUT2D eigenvalue weighted by atomic mass is 10.0.